The predicted octanol–water partition coefficient (Wildman–Crippen LogP) is 1.46. The van der Waals surface area contributed by atoms with Gasteiger partial charge in [-0.05, 0) is 48.7 Å². The van der Waals surface area contributed by atoms with Crippen molar-refractivity contribution < 1.29 is 22.7 Å². The van der Waals surface area contributed by atoms with Crippen LogP contribution in [0, 0.1) is 0 Å². The highest BCUT2D eigenvalue weighted by Crippen LogP contribution is 2.29. The number of sulfonamides is 1. The van der Waals surface area contributed by atoms with Crippen molar-refractivity contribution in [1.82, 2.24) is 4.31 Å². The molecule has 2 aromatic rings. The fourth-order valence-electron chi connectivity index (χ4n) is 3.11. The molecular weight excluding hydrogens is 368 g/mol. The number of fused-ring (bicyclic) bond motifs is 1. The number of primary amides is 1. The number of benzene rings is 2. The fraction of sp³-hybridized carbons (Fsp3) is 0.263. The molecule has 1 heterocycles. The molecule has 3 rings (SSSR count). The van der Waals surface area contributed by atoms with E-state index in [4.69, 9.17) is 10.5 Å². The zero-order valence-electron chi connectivity index (χ0n) is 14.8. The number of carbonyl (C=O) groups excluding carboxylic acids is 2. The summed E-state index contributed by atoms with van der Waals surface area (Å²) in [7, 11) is -3.97. The monoisotopic (exact) mass is 388 g/mol. The first-order chi connectivity index (χ1) is 12.8. The van der Waals surface area contributed by atoms with Crippen LogP contribution in [0.15, 0.2) is 53.4 Å². The lowest BCUT2D eigenvalue weighted by molar-refractivity contribution is -0.122. The second-order valence-corrected chi connectivity index (χ2v) is 8.08. The summed E-state index contributed by atoms with van der Waals surface area (Å²) in [5, 5.41) is 0. The van der Waals surface area contributed by atoms with E-state index in [1.54, 1.807) is 6.92 Å². The van der Waals surface area contributed by atoms with Crippen molar-refractivity contribution in [3.05, 3.63) is 65.2 Å². The van der Waals surface area contributed by atoms with Crippen molar-refractivity contribution in [2.75, 3.05) is 6.61 Å². The van der Waals surface area contributed by atoms with Crippen molar-refractivity contribution >= 4 is 21.9 Å². The van der Waals surface area contributed by atoms with Crippen molar-refractivity contribution in [2.24, 2.45) is 5.73 Å². The highest BCUT2D eigenvalue weighted by molar-refractivity contribution is 7.89. The van der Waals surface area contributed by atoms with E-state index in [0.717, 1.165) is 15.4 Å². The van der Waals surface area contributed by atoms with Gasteiger partial charge in [-0.2, -0.15) is 4.31 Å². The van der Waals surface area contributed by atoms with Crippen LogP contribution in [0.4, 0.5) is 0 Å². The predicted molar refractivity (Wildman–Crippen MR) is 98.3 cm³/mol. The van der Waals surface area contributed by atoms with Crippen LogP contribution in [0.1, 0.15) is 28.4 Å². The minimum Gasteiger partial charge on any atom is -0.462 e. The van der Waals surface area contributed by atoms with Crippen molar-refractivity contribution in [1.29, 1.82) is 0 Å². The van der Waals surface area contributed by atoms with Crippen LogP contribution in [0.3, 0.4) is 0 Å². The number of esters is 1. The molecule has 0 bridgehead atoms. The van der Waals surface area contributed by atoms with Gasteiger partial charge in [-0.25, -0.2) is 13.2 Å². The maximum absolute atomic E-state index is 13.1. The Labute approximate surface area is 157 Å². The average molecular weight is 388 g/mol. The van der Waals surface area contributed by atoms with Crippen LogP contribution in [-0.4, -0.2) is 37.2 Å². The highest BCUT2D eigenvalue weighted by Gasteiger charge is 2.38. The molecule has 8 heteroatoms. The molecule has 0 aliphatic carbocycles. The molecule has 2 aromatic carbocycles. The van der Waals surface area contributed by atoms with Crippen LogP contribution in [-0.2, 0) is 32.5 Å². The Bertz CT molecular complexity index is 970. The summed E-state index contributed by atoms with van der Waals surface area (Å²) in [6.07, 6.45) is 0.228. The van der Waals surface area contributed by atoms with E-state index in [9.17, 15) is 18.0 Å². The van der Waals surface area contributed by atoms with E-state index >= 15 is 0 Å². The van der Waals surface area contributed by atoms with Crippen LogP contribution in [0.25, 0.3) is 0 Å². The first-order valence-electron chi connectivity index (χ1n) is 8.49. The molecule has 0 fully saturated rings. The zero-order chi connectivity index (χ0) is 19.6. The Hall–Kier alpha value is -2.71. The first-order valence-corrected chi connectivity index (χ1v) is 9.93. The molecule has 1 aliphatic heterocycles. The van der Waals surface area contributed by atoms with E-state index in [1.165, 1.54) is 24.3 Å². The van der Waals surface area contributed by atoms with Gasteiger partial charge in [-0.15, -0.1) is 0 Å². The van der Waals surface area contributed by atoms with Gasteiger partial charge in [0, 0.05) is 6.54 Å². The maximum atomic E-state index is 13.1. The number of rotatable bonds is 5. The topological polar surface area (TPSA) is 107 Å². The van der Waals surface area contributed by atoms with Gasteiger partial charge in [0.1, 0.15) is 6.04 Å². The van der Waals surface area contributed by atoms with Crippen molar-refractivity contribution in [3.63, 3.8) is 0 Å². The number of hydrogen-bond donors (Lipinski definition) is 1. The van der Waals surface area contributed by atoms with Crippen LogP contribution in [0.2, 0.25) is 0 Å². The smallest absolute Gasteiger partial charge is 0.338 e. The molecule has 0 radical (unpaired) electrons. The second kappa shape index (κ2) is 7.50. The SMILES string of the molecule is CCOC(=O)c1ccc(S(=O)(=O)N2Cc3ccccc3C[C@H]2C(N)=O)cc1. The molecule has 7 nitrogen and oxygen atoms in total. The number of carbonyl (C=O) groups is 2. The molecule has 1 amide bonds. The number of ether oxygens (including phenoxy) is 1. The summed E-state index contributed by atoms with van der Waals surface area (Å²) in [5.41, 5.74) is 7.48. The molecular formula is C19H20N2O5S. The Balaban J connectivity index is 1.95. The molecule has 0 spiro atoms. The molecule has 2 N–H and O–H groups in total. The standard InChI is InChI=1S/C19H20N2O5S/c1-2-26-19(23)13-7-9-16(10-8-13)27(24,25)21-12-15-6-4-3-5-14(15)11-17(21)18(20)22/h3-10,17H,2,11-12H2,1H3,(H2,20,22)/t17-/m0/s1. The van der Waals surface area contributed by atoms with Gasteiger partial charge in [-0.1, -0.05) is 24.3 Å². The third-order valence-electron chi connectivity index (χ3n) is 4.51. The molecule has 1 aliphatic rings. The molecule has 0 saturated heterocycles. The summed E-state index contributed by atoms with van der Waals surface area (Å²) in [4.78, 5) is 23.7. The summed E-state index contributed by atoms with van der Waals surface area (Å²) in [5.74, 6) is -1.22. The molecule has 142 valence electrons. The van der Waals surface area contributed by atoms with Crippen molar-refractivity contribution in [3.8, 4) is 0 Å². The van der Waals surface area contributed by atoms with Gasteiger partial charge >= 0.3 is 5.97 Å². The first kappa shape index (κ1) is 19.1. The largest absolute Gasteiger partial charge is 0.462 e. The Morgan fingerprint density at radius 2 is 1.74 bits per heavy atom. The van der Waals surface area contributed by atoms with Gasteiger partial charge in [-0.3, -0.25) is 4.79 Å². The lowest BCUT2D eigenvalue weighted by atomic mass is 9.96. The van der Waals surface area contributed by atoms with E-state index in [0.29, 0.717) is 0 Å². The molecule has 0 aromatic heterocycles. The lowest BCUT2D eigenvalue weighted by Gasteiger charge is -2.34. The summed E-state index contributed by atoms with van der Waals surface area (Å²) in [6, 6.07) is 11.8. The van der Waals surface area contributed by atoms with E-state index in [1.807, 2.05) is 24.3 Å². The third-order valence-corrected chi connectivity index (χ3v) is 6.37. The van der Waals surface area contributed by atoms with Gasteiger partial charge in [0.25, 0.3) is 0 Å². The van der Waals surface area contributed by atoms with E-state index < -0.39 is 27.9 Å². The molecule has 0 unspecified atom stereocenters. The average Bonchev–Trinajstić information content (AvgIpc) is 2.67. The minimum absolute atomic E-state index is 0.0128. The summed E-state index contributed by atoms with van der Waals surface area (Å²) >= 11 is 0. The van der Waals surface area contributed by atoms with E-state index in [-0.39, 0.29) is 30.0 Å². The van der Waals surface area contributed by atoms with E-state index in [2.05, 4.69) is 0 Å². The Kier molecular flexibility index (Phi) is 5.29. The molecule has 0 saturated carbocycles. The van der Waals surface area contributed by atoms with Crippen molar-refractivity contribution in [2.45, 2.75) is 30.8 Å². The number of hydrogen-bond acceptors (Lipinski definition) is 5. The van der Waals surface area contributed by atoms with Crippen LogP contribution in [0.5, 0.6) is 0 Å². The number of nitrogens with zero attached hydrogens (tertiary/aromatic N) is 1. The zero-order valence-corrected chi connectivity index (χ0v) is 15.6. The van der Waals surface area contributed by atoms with Gasteiger partial charge in [0.15, 0.2) is 0 Å². The quantitative estimate of drug-likeness (QED) is 0.781. The Morgan fingerprint density at radius 3 is 2.33 bits per heavy atom. The highest BCUT2D eigenvalue weighted by atomic mass is 32.2. The Morgan fingerprint density at radius 1 is 1.11 bits per heavy atom. The van der Waals surface area contributed by atoms with Gasteiger partial charge in [0.05, 0.1) is 17.1 Å². The second-order valence-electron chi connectivity index (χ2n) is 6.19. The minimum atomic E-state index is -3.97. The van der Waals surface area contributed by atoms with Crippen LogP contribution >= 0.6 is 0 Å². The lowest BCUT2D eigenvalue weighted by Crippen LogP contribution is -2.50. The summed E-state index contributed by atoms with van der Waals surface area (Å²) in [6.45, 7) is 1.98. The van der Waals surface area contributed by atoms with Gasteiger partial charge in [0.2, 0.25) is 15.9 Å². The normalized spacial score (nSPS) is 17.1. The molecule has 1 atom stereocenters. The number of amides is 1. The maximum Gasteiger partial charge on any atom is 0.338 e. The number of nitrogens with two attached hydrogens (primary N) is 1. The third kappa shape index (κ3) is 3.72. The van der Waals surface area contributed by atoms with Crippen LogP contribution < -0.4 is 5.73 Å². The molecule has 27 heavy (non-hydrogen) atoms. The van der Waals surface area contributed by atoms with Gasteiger partial charge < -0.3 is 10.5 Å². The fourth-order valence-corrected chi connectivity index (χ4v) is 4.68. The summed E-state index contributed by atoms with van der Waals surface area (Å²) < 4.78 is 32.3.